The smallest absolute Gasteiger partial charge is 0.243 e. The van der Waals surface area contributed by atoms with Gasteiger partial charge in [-0.1, -0.05) is 29.8 Å². The number of sulfonamides is 1. The van der Waals surface area contributed by atoms with Crippen LogP contribution >= 0.6 is 11.6 Å². The maximum Gasteiger partial charge on any atom is 0.243 e. The van der Waals surface area contributed by atoms with Gasteiger partial charge in [0.05, 0.1) is 11.4 Å². The summed E-state index contributed by atoms with van der Waals surface area (Å²) in [5.41, 5.74) is 2.63. The summed E-state index contributed by atoms with van der Waals surface area (Å²) < 4.78 is 26.0. The maximum atomic E-state index is 12.5. The number of carbonyl (C=O) groups is 1. The Kier molecular flexibility index (Phi) is 6.59. The summed E-state index contributed by atoms with van der Waals surface area (Å²) in [6, 6.07) is 14.2. The number of halogens is 1. The number of likely N-dealkylation sites (N-methyl/N-ethyl adjacent to an activating group) is 1. The molecule has 150 valence electrons. The number of hydrogen-bond donors (Lipinski definition) is 1. The van der Waals surface area contributed by atoms with Crippen LogP contribution in [-0.2, 0) is 21.2 Å². The number of carbonyl (C=O) groups excluding carboxylic acids is 1. The first-order valence-corrected chi connectivity index (χ1v) is 11.0. The number of anilines is 1. The Labute approximate surface area is 171 Å². The minimum absolute atomic E-state index is 0.111. The summed E-state index contributed by atoms with van der Waals surface area (Å²) in [5, 5.41) is 3.26. The minimum Gasteiger partial charge on any atom is -0.371 e. The lowest BCUT2D eigenvalue weighted by atomic mass is 10.2. The van der Waals surface area contributed by atoms with Gasteiger partial charge in [0.25, 0.3) is 0 Å². The zero-order chi connectivity index (χ0) is 20.1. The van der Waals surface area contributed by atoms with Crippen LogP contribution in [-0.4, -0.2) is 51.9 Å². The monoisotopic (exact) mass is 421 g/mol. The van der Waals surface area contributed by atoms with Crippen LogP contribution < -0.4 is 10.2 Å². The summed E-state index contributed by atoms with van der Waals surface area (Å²) in [7, 11) is -2.33. The predicted molar refractivity (Wildman–Crippen MR) is 111 cm³/mol. The molecule has 8 heteroatoms. The summed E-state index contributed by atoms with van der Waals surface area (Å²) in [6.07, 6.45) is 1.85. The number of benzene rings is 2. The van der Waals surface area contributed by atoms with E-state index >= 15 is 0 Å². The van der Waals surface area contributed by atoms with Crippen molar-refractivity contribution in [2.45, 2.75) is 17.7 Å². The Bertz CT molecular complexity index is 932. The number of para-hydroxylation sites is 1. The highest BCUT2D eigenvalue weighted by Crippen LogP contribution is 2.27. The van der Waals surface area contributed by atoms with Crippen LogP contribution in [0.1, 0.15) is 12.0 Å². The third kappa shape index (κ3) is 4.84. The van der Waals surface area contributed by atoms with E-state index in [-0.39, 0.29) is 17.3 Å². The van der Waals surface area contributed by atoms with Crippen molar-refractivity contribution in [2.24, 2.45) is 0 Å². The lowest BCUT2D eigenvalue weighted by Gasteiger charge is -2.20. The van der Waals surface area contributed by atoms with Crippen LogP contribution in [0.5, 0.6) is 0 Å². The molecule has 1 heterocycles. The number of rotatable bonds is 8. The average Bonchev–Trinajstić information content (AvgIpc) is 3.09. The van der Waals surface area contributed by atoms with Crippen molar-refractivity contribution in [3.63, 3.8) is 0 Å². The fraction of sp³-hybridized carbons (Fsp3) is 0.350. The topological polar surface area (TPSA) is 69.7 Å². The van der Waals surface area contributed by atoms with Gasteiger partial charge in [-0.25, -0.2) is 8.42 Å². The molecule has 0 fully saturated rings. The summed E-state index contributed by atoms with van der Waals surface area (Å²) in [6.45, 7) is 2.13. The Morgan fingerprint density at radius 2 is 1.89 bits per heavy atom. The molecular weight excluding hydrogens is 398 g/mol. The van der Waals surface area contributed by atoms with Crippen LogP contribution in [0.2, 0.25) is 5.02 Å². The molecule has 1 aliphatic heterocycles. The largest absolute Gasteiger partial charge is 0.371 e. The Hall–Kier alpha value is -2.09. The van der Waals surface area contributed by atoms with Crippen LogP contribution in [0.4, 0.5) is 5.69 Å². The van der Waals surface area contributed by atoms with Crippen LogP contribution in [0.3, 0.4) is 0 Å². The lowest BCUT2D eigenvalue weighted by Crippen LogP contribution is -2.39. The molecule has 3 rings (SSSR count). The molecule has 0 unspecified atom stereocenters. The highest BCUT2D eigenvalue weighted by atomic mass is 35.5. The predicted octanol–water partition coefficient (Wildman–Crippen LogP) is 2.53. The van der Waals surface area contributed by atoms with Crippen molar-refractivity contribution in [3.05, 3.63) is 59.1 Å². The highest BCUT2D eigenvalue weighted by molar-refractivity contribution is 7.89. The molecule has 0 spiro atoms. The van der Waals surface area contributed by atoms with Gasteiger partial charge < -0.3 is 10.2 Å². The quantitative estimate of drug-likeness (QED) is 0.665. The van der Waals surface area contributed by atoms with E-state index in [0.29, 0.717) is 11.6 Å². The number of amides is 1. The van der Waals surface area contributed by atoms with E-state index in [0.717, 1.165) is 30.2 Å². The summed E-state index contributed by atoms with van der Waals surface area (Å²) in [4.78, 5) is 14.6. The second-order valence-corrected chi connectivity index (χ2v) is 9.27. The van der Waals surface area contributed by atoms with Gasteiger partial charge in [0.2, 0.25) is 15.9 Å². The van der Waals surface area contributed by atoms with E-state index in [1.165, 1.54) is 42.6 Å². The number of fused-ring (bicyclic) bond motifs is 1. The molecule has 0 bridgehead atoms. The minimum atomic E-state index is -3.72. The first-order valence-electron chi connectivity index (χ1n) is 9.19. The SMILES string of the molecule is CN(CC(=O)NCCCN1CCc2ccccc21)S(=O)(=O)c1ccc(Cl)cc1. The zero-order valence-electron chi connectivity index (χ0n) is 15.8. The molecule has 0 radical (unpaired) electrons. The van der Waals surface area contributed by atoms with Crippen LogP contribution in [0.15, 0.2) is 53.4 Å². The van der Waals surface area contributed by atoms with Crippen molar-refractivity contribution < 1.29 is 13.2 Å². The molecule has 0 aliphatic carbocycles. The first-order chi connectivity index (χ1) is 13.4. The van der Waals surface area contributed by atoms with Crippen LogP contribution in [0, 0.1) is 0 Å². The van der Waals surface area contributed by atoms with Gasteiger partial charge in [-0.2, -0.15) is 4.31 Å². The van der Waals surface area contributed by atoms with Crippen molar-refractivity contribution in [2.75, 3.05) is 38.1 Å². The normalized spacial score (nSPS) is 13.6. The van der Waals surface area contributed by atoms with Crippen LogP contribution in [0.25, 0.3) is 0 Å². The molecule has 2 aromatic carbocycles. The molecule has 0 atom stereocenters. The van der Waals surface area contributed by atoms with Gasteiger partial charge in [-0.05, 0) is 48.7 Å². The van der Waals surface area contributed by atoms with Gasteiger partial charge >= 0.3 is 0 Å². The van der Waals surface area contributed by atoms with Gasteiger partial charge in [0.15, 0.2) is 0 Å². The Morgan fingerprint density at radius 3 is 2.64 bits per heavy atom. The highest BCUT2D eigenvalue weighted by Gasteiger charge is 2.23. The second-order valence-electron chi connectivity index (χ2n) is 6.78. The van der Waals surface area contributed by atoms with E-state index in [4.69, 9.17) is 11.6 Å². The first kappa shape index (κ1) is 20.6. The number of nitrogens with zero attached hydrogens (tertiary/aromatic N) is 2. The molecule has 2 aromatic rings. The molecule has 0 saturated carbocycles. The standard InChI is InChI=1S/C20H24ClN3O3S/c1-23(28(26,27)18-9-7-17(21)8-10-18)15-20(25)22-12-4-13-24-14-11-16-5-2-3-6-19(16)24/h2-3,5-10H,4,11-15H2,1H3,(H,22,25). The van der Waals surface area contributed by atoms with E-state index < -0.39 is 10.0 Å². The second kappa shape index (κ2) is 8.94. The fourth-order valence-corrected chi connectivity index (χ4v) is 4.52. The summed E-state index contributed by atoms with van der Waals surface area (Å²) >= 11 is 5.80. The number of nitrogens with one attached hydrogen (secondary N) is 1. The zero-order valence-corrected chi connectivity index (χ0v) is 17.3. The van der Waals surface area contributed by atoms with Crippen molar-refractivity contribution in [3.8, 4) is 0 Å². The van der Waals surface area contributed by atoms with E-state index in [1.54, 1.807) is 0 Å². The van der Waals surface area contributed by atoms with Crippen molar-refractivity contribution in [1.82, 2.24) is 9.62 Å². The summed E-state index contributed by atoms with van der Waals surface area (Å²) in [5.74, 6) is -0.318. The molecule has 1 aliphatic rings. The van der Waals surface area contributed by atoms with E-state index in [2.05, 4.69) is 28.4 Å². The lowest BCUT2D eigenvalue weighted by molar-refractivity contribution is -0.121. The van der Waals surface area contributed by atoms with Crippen molar-refractivity contribution >= 4 is 33.2 Å². The Morgan fingerprint density at radius 1 is 1.18 bits per heavy atom. The fourth-order valence-electron chi connectivity index (χ4n) is 3.27. The average molecular weight is 422 g/mol. The third-order valence-corrected chi connectivity index (χ3v) is 6.87. The van der Waals surface area contributed by atoms with E-state index in [1.807, 2.05) is 6.07 Å². The van der Waals surface area contributed by atoms with Gasteiger partial charge in [0, 0.05) is 37.4 Å². The molecule has 0 aromatic heterocycles. The van der Waals surface area contributed by atoms with Gasteiger partial charge in [-0.3, -0.25) is 4.79 Å². The third-order valence-electron chi connectivity index (χ3n) is 4.80. The van der Waals surface area contributed by atoms with Gasteiger partial charge in [-0.15, -0.1) is 0 Å². The van der Waals surface area contributed by atoms with Crippen molar-refractivity contribution in [1.29, 1.82) is 0 Å². The molecule has 6 nitrogen and oxygen atoms in total. The van der Waals surface area contributed by atoms with Gasteiger partial charge in [0.1, 0.15) is 0 Å². The number of hydrogen-bond acceptors (Lipinski definition) is 4. The molecule has 28 heavy (non-hydrogen) atoms. The molecule has 1 amide bonds. The molecule has 0 saturated heterocycles. The van der Waals surface area contributed by atoms with E-state index in [9.17, 15) is 13.2 Å². The molecule has 1 N–H and O–H groups in total. The Balaban J connectivity index is 1.44. The maximum absolute atomic E-state index is 12.5. The molecular formula is C20H24ClN3O3S.